The largest absolute Gasteiger partial charge is 0.306 e. The minimum absolute atomic E-state index is 0.157. The van der Waals surface area contributed by atoms with Crippen molar-refractivity contribution in [3.8, 4) is 0 Å². The average molecular weight is 327 g/mol. The van der Waals surface area contributed by atoms with Crippen molar-refractivity contribution in [2.24, 2.45) is 4.99 Å². The van der Waals surface area contributed by atoms with Crippen molar-refractivity contribution in [1.82, 2.24) is 0 Å². The number of anilines is 1. The number of hydrogen-bond donors (Lipinski definition) is 0. The molecule has 0 radical (unpaired) electrons. The van der Waals surface area contributed by atoms with Crippen molar-refractivity contribution in [2.45, 2.75) is 13.3 Å². The van der Waals surface area contributed by atoms with Crippen molar-refractivity contribution >= 4 is 34.8 Å². The fourth-order valence-corrected chi connectivity index (χ4v) is 2.76. The lowest BCUT2D eigenvalue weighted by atomic mass is 10.1. The van der Waals surface area contributed by atoms with E-state index in [0.717, 1.165) is 12.1 Å². The Bertz CT molecular complexity index is 800. The van der Waals surface area contributed by atoms with Crippen LogP contribution < -0.4 is 4.90 Å². The van der Waals surface area contributed by atoms with E-state index in [-0.39, 0.29) is 11.6 Å². The molecular formula is C18H15ClN2O2. The van der Waals surface area contributed by atoms with Gasteiger partial charge in [0.25, 0.3) is 11.8 Å². The molecule has 0 saturated heterocycles. The van der Waals surface area contributed by atoms with Crippen LogP contribution in [0.5, 0.6) is 0 Å². The predicted molar refractivity (Wildman–Crippen MR) is 91.4 cm³/mol. The van der Waals surface area contributed by atoms with Gasteiger partial charge in [0.05, 0.1) is 5.69 Å². The number of rotatable bonds is 3. The lowest BCUT2D eigenvalue weighted by molar-refractivity contribution is -0.112. The lowest BCUT2D eigenvalue weighted by Gasteiger charge is -2.15. The zero-order valence-corrected chi connectivity index (χ0v) is 13.4. The van der Waals surface area contributed by atoms with Crippen molar-refractivity contribution in [3.63, 3.8) is 0 Å². The first-order chi connectivity index (χ1) is 11.1. The number of hydrogen-bond acceptors (Lipinski definition) is 2. The van der Waals surface area contributed by atoms with Gasteiger partial charge in [-0.3, -0.25) is 9.59 Å². The molecule has 1 aliphatic heterocycles. The van der Waals surface area contributed by atoms with Gasteiger partial charge in [0.1, 0.15) is 5.71 Å². The highest BCUT2D eigenvalue weighted by molar-refractivity contribution is 6.55. The topological polar surface area (TPSA) is 49.7 Å². The standard InChI is InChI=1S/C18H15ClN2O2/c1-2-10-21-15-9-8-13(19)11-14(15)16(18(21)23)20-17(22)12-6-4-3-5-7-12/h3-9,11H,2,10H2,1H3/b20-16-. The molecule has 0 saturated carbocycles. The molecule has 0 fully saturated rings. The number of nitrogens with zero attached hydrogens (tertiary/aromatic N) is 2. The first kappa shape index (κ1) is 15.4. The van der Waals surface area contributed by atoms with Gasteiger partial charge in [-0.05, 0) is 36.8 Å². The number of amides is 2. The number of halogens is 1. The maximum atomic E-state index is 12.6. The Morgan fingerprint density at radius 3 is 2.61 bits per heavy atom. The molecule has 1 heterocycles. The Morgan fingerprint density at radius 2 is 1.91 bits per heavy atom. The van der Waals surface area contributed by atoms with Crippen molar-refractivity contribution in [2.75, 3.05) is 11.4 Å². The first-order valence-electron chi connectivity index (χ1n) is 7.41. The summed E-state index contributed by atoms with van der Waals surface area (Å²) in [6, 6.07) is 13.9. The Labute approximate surface area is 139 Å². The number of carbonyl (C=O) groups is 2. The minimum Gasteiger partial charge on any atom is -0.306 e. The Kier molecular flexibility index (Phi) is 4.26. The van der Waals surface area contributed by atoms with E-state index in [9.17, 15) is 9.59 Å². The third-order valence-corrected chi connectivity index (χ3v) is 3.87. The zero-order chi connectivity index (χ0) is 16.4. The predicted octanol–water partition coefficient (Wildman–Crippen LogP) is 3.73. The van der Waals surface area contributed by atoms with Gasteiger partial charge in [-0.15, -0.1) is 0 Å². The molecule has 23 heavy (non-hydrogen) atoms. The SMILES string of the molecule is CCCN1C(=O)/C(=N\C(=O)c2ccccc2)c2cc(Cl)ccc21. The maximum absolute atomic E-state index is 12.6. The van der Waals surface area contributed by atoms with Crippen LogP contribution in [-0.4, -0.2) is 24.1 Å². The van der Waals surface area contributed by atoms with Crippen LogP contribution in [0.1, 0.15) is 29.3 Å². The Morgan fingerprint density at radius 1 is 1.17 bits per heavy atom. The maximum Gasteiger partial charge on any atom is 0.277 e. The van der Waals surface area contributed by atoms with Gasteiger partial charge in [-0.2, -0.15) is 0 Å². The van der Waals surface area contributed by atoms with E-state index < -0.39 is 5.91 Å². The molecule has 0 N–H and O–H groups in total. The fraction of sp³-hybridized carbons (Fsp3) is 0.167. The fourth-order valence-electron chi connectivity index (χ4n) is 2.59. The summed E-state index contributed by atoms with van der Waals surface area (Å²) in [5.41, 5.74) is 1.97. The summed E-state index contributed by atoms with van der Waals surface area (Å²) >= 11 is 6.04. The summed E-state index contributed by atoms with van der Waals surface area (Å²) in [5.74, 6) is -0.688. The summed E-state index contributed by atoms with van der Waals surface area (Å²) in [7, 11) is 0. The molecule has 1 aliphatic rings. The number of fused-ring (bicyclic) bond motifs is 1. The highest BCUT2D eigenvalue weighted by Gasteiger charge is 2.34. The molecule has 5 heteroatoms. The van der Waals surface area contributed by atoms with Crippen LogP contribution >= 0.6 is 11.6 Å². The van der Waals surface area contributed by atoms with Gasteiger partial charge in [0.15, 0.2) is 0 Å². The number of carbonyl (C=O) groups excluding carboxylic acids is 2. The normalized spacial score (nSPS) is 15.1. The summed E-state index contributed by atoms with van der Waals surface area (Å²) in [6.07, 6.45) is 0.813. The van der Waals surface area contributed by atoms with E-state index >= 15 is 0 Å². The van der Waals surface area contributed by atoms with E-state index in [4.69, 9.17) is 11.6 Å². The molecule has 0 unspecified atom stereocenters. The monoisotopic (exact) mass is 326 g/mol. The van der Waals surface area contributed by atoms with Crippen LogP contribution in [0.2, 0.25) is 5.02 Å². The molecule has 2 aromatic carbocycles. The van der Waals surface area contributed by atoms with Crippen molar-refractivity contribution in [1.29, 1.82) is 0 Å². The van der Waals surface area contributed by atoms with E-state index in [0.29, 0.717) is 22.7 Å². The molecule has 0 spiro atoms. The van der Waals surface area contributed by atoms with E-state index in [2.05, 4.69) is 4.99 Å². The Hall–Kier alpha value is -2.46. The van der Waals surface area contributed by atoms with Crippen molar-refractivity contribution < 1.29 is 9.59 Å². The van der Waals surface area contributed by atoms with E-state index in [1.54, 1.807) is 47.4 Å². The lowest BCUT2D eigenvalue weighted by Crippen LogP contribution is -2.31. The van der Waals surface area contributed by atoms with Crippen LogP contribution in [0.25, 0.3) is 0 Å². The van der Waals surface area contributed by atoms with Gasteiger partial charge in [0.2, 0.25) is 0 Å². The molecule has 0 bridgehead atoms. The molecule has 2 aromatic rings. The second-order valence-corrected chi connectivity index (χ2v) is 5.69. The van der Waals surface area contributed by atoms with Crippen LogP contribution in [0.4, 0.5) is 5.69 Å². The number of benzene rings is 2. The van der Waals surface area contributed by atoms with Gasteiger partial charge < -0.3 is 4.90 Å². The molecule has 116 valence electrons. The van der Waals surface area contributed by atoms with Crippen LogP contribution in [-0.2, 0) is 4.79 Å². The highest BCUT2D eigenvalue weighted by atomic mass is 35.5. The van der Waals surface area contributed by atoms with Crippen LogP contribution in [0.15, 0.2) is 53.5 Å². The molecule has 0 aromatic heterocycles. The summed E-state index contributed by atoms with van der Waals surface area (Å²) < 4.78 is 0. The second kappa shape index (κ2) is 6.34. The summed E-state index contributed by atoms with van der Waals surface area (Å²) in [5, 5.41) is 0.509. The second-order valence-electron chi connectivity index (χ2n) is 5.25. The van der Waals surface area contributed by atoms with Gasteiger partial charge in [-0.25, -0.2) is 4.99 Å². The summed E-state index contributed by atoms with van der Waals surface area (Å²) in [6.45, 7) is 2.57. The van der Waals surface area contributed by atoms with Crippen molar-refractivity contribution in [3.05, 3.63) is 64.7 Å². The average Bonchev–Trinajstić information content (AvgIpc) is 2.81. The minimum atomic E-state index is -0.432. The first-order valence-corrected chi connectivity index (χ1v) is 7.79. The quantitative estimate of drug-likeness (QED) is 0.863. The zero-order valence-electron chi connectivity index (χ0n) is 12.6. The molecule has 0 atom stereocenters. The third kappa shape index (κ3) is 2.90. The molecular weight excluding hydrogens is 312 g/mol. The highest BCUT2D eigenvalue weighted by Crippen LogP contribution is 2.32. The molecule has 3 rings (SSSR count). The van der Waals surface area contributed by atoms with Crippen LogP contribution in [0.3, 0.4) is 0 Å². The van der Waals surface area contributed by atoms with E-state index in [1.165, 1.54) is 0 Å². The van der Waals surface area contributed by atoms with E-state index in [1.807, 2.05) is 13.0 Å². The molecule has 0 aliphatic carbocycles. The van der Waals surface area contributed by atoms with Gasteiger partial charge in [-0.1, -0.05) is 36.7 Å². The molecule has 2 amide bonds. The number of aliphatic imine (C=N–C) groups is 1. The smallest absolute Gasteiger partial charge is 0.277 e. The van der Waals surface area contributed by atoms with Crippen LogP contribution in [0, 0.1) is 0 Å². The summed E-state index contributed by atoms with van der Waals surface area (Å²) in [4.78, 5) is 30.7. The molecule has 4 nitrogen and oxygen atoms in total. The Balaban J connectivity index is 2.06. The van der Waals surface area contributed by atoms with Gasteiger partial charge in [0, 0.05) is 22.7 Å². The van der Waals surface area contributed by atoms with Gasteiger partial charge >= 0.3 is 0 Å². The third-order valence-electron chi connectivity index (χ3n) is 3.63.